The van der Waals surface area contributed by atoms with Crippen molar-refractivity contribution in [1.82, 2.24) is 4.90 Å². The lowest BCUT2D eigenvalue weighted by Crippen LogP contribution is -2.48. The van der Waals surface area contributed by atoms with Gasteiger partial charge in [0.2, 0.25) is 5.91 Å². The standard InChI is InChI=1S/C11H20ClNO2/c1-8-4-5-13(7-10(8)15-3)11(14)9(2)6-12/h8-10H,4-7H2,1-3H3. The van der Waals surface area contributed by atoms with Crippen LogP contribution in [0.25, 0.3) is 0 Å². The molecule has 88 valence electrons. The van der Waals surface area contributed by atoms with Crippen molar-refractivity contribution in [2.75, 3.05) is 26.1 Å². The zero-order chi connectivity index (χ0) is 11.4. The van der Waals surface area contributed by atoms with Crippen LogP contribution in [0.15, 0.2) is 0 Å². The first-order valence-corrected chi connectivity index (χ1v) is 6.01. The van der Waals surface area contributed by atoms with E-state index in [4.69, 9.17) is 16.3 Å². The van der Waals surface area contributed by atoms with Crippen molar-refractivity contribution in [3.63, 3.8) is 0 Å². The van der Waals surface area contributed by atoms with Crippen molar-refractivity contribution < 1.29 is 9.53 Å². The van der Waals surface area contributed by atoms with Crippen LogP contribution in [-0.4, -0.2) is 43.0 Å². The van der Waals surface area contributed by atoms with E-state index in [0.29, 0.717) is 18.3 Å². The van der Waals surface area contributed by atoms with E-state index in [1.54, 1.807) is 7.11 Å². The summed E-state index contributed by atoms with van der Waals surface area (Å²) in [7, 11) is 1.71. The Bertz CT molecular complexity index is 223. The van der Waals surface area contributed by atoms with Crippen molar-refractivity contribution in [2.45, 2.75) is 26.4 Å². The Balaban J connectivity index is 2.54. The maximum atomic E-state index is 11.9. The first-order chi connectivity index (χ1) is 7.10. The van der Waals surface area contributed by atoms with Crippen LogP contribution in [0.3, 0.4) is 0 Å². The van der Waals surface area contributed by atoms with Crippen LogP contribution in [-0.2, 0) is 9.53 Å². The van der Waals surface area contributed by atoms with E-state index in [1.165, 1.54) is 0 Å². The summed E-state index contributed by atoms with van der Waals surface area (Å²) in [6, 6.07) is 0. The molecule has 0 saturated carbocycles. The summed E-state index contributed by atoms with van der Waals surface area (Å²) in [5, 5.41) is 0. The summed E-state index contributed by atoms with van der Waals surface area (Å²) in [6.07, 6.45) is 1.18. The van der Waals surface area contributed by atoms with Crippen LogP contribution in [0.1, 0.15) is 20.3 Å². The molecule has 0 aromatic rings. The Hall–Kier alpha value is -0.280. The molecule has 4 heteroatoms. The van der Waals surface area contributed by atoms with Crippen molar-refractivity contribution in [3.8, 4) is 0 Å². The summed E-state index contributed by atoms with van der Waals surface area (Å²) < 4.78 is 5.37. The summed E-state index contributed by atoms with van der Waals surface area (Å²) in [4.78, 5) is 13.8. The second-order valence-electron chi connectivity index (χ2n) is 4.38. The molecule has 0 N–H and O–H groups in total. The van der Waals surface area contributed by atoms with Crippen LogP contribution >= 0.6 is 11.6 Å². The molecule has 15 heavy (non-hydrogen) atoms. The Labute approximate surface area is 96.7 Å². The molecular formula is C11H20ClNO2. The highest BCUT2D eigenvalue weighted by molar-refractivity contribution is 6.19. The molecule has 0 aromatic carbocycles. The van der Waals surface area contributed by atoms with Gasteiger partial charge in [0.05, 0.1) is 6.10 Å². The van der Waals surface area contributed by atoms with E-state index >= 15 is 0 Å². The first kappa shape index (κ1) is 12.8. The van der Waals surface area contributed by atoms with Crippen LogP contribution in [0.4, 0.5) is 0 Å². The molecule has 0 bridgehead atoms. The second kappa shape index (κ2) is 5.71. The van der Waals surface area contributed by atoms with E-state index in [2.05, 4.69) is 6.92 Å². The van der Waals surface area contributed by atoms with Gasteiger partial charge in [0, 0.05) is 32.0 Å². The highest BCUT2D eigenvalue weighted by Gasteiger charge is 2.30. The van der Waals surface area contributed by atoms with Crippen LogP contribution in [0.2, 0.25) is 0 Å². The van der Waals surface area contributed by atoms with Crippen LogP contribution in [0, 0.1) is 11.8 Å². The monoisotopic (exact) mass is 233 g/mol. The number of hydrogen-bond donors (Lipinski definition) is 0. The average molecular weight is 234 g/mol. The van der Waals surface area contributed by atoms with E-state index < -0.39 is 0 Å². The zero-order valence-electron chi connectivity index (χ0n) is 9.70. The van der Waals surface area contributed by atoms with Gasteiger partial charge < -0.3 is 9.64 Å². The van der Waals surface area contributed by atoms with Gasteiger partial charge in [0.15, 0.2) is 0 Å². The lowest BCUT2D eigenvalue weighted by molar-refractivity contribution is -0.139. The highest BCUT2D eigenvalue weighted by atomic mass is 35.5. The fraction of sp³-hybridized carbons (Fsp3) is 0.909. The third kappa shape index (κ3) is 3.08. The highest BCUT2D eigenvalue weighted by Crippen LogP contribution is 2.20. The van der Waals surface area contributed by atoms with Crippen molar-refractivity contribution >= 4 is 17.5 Å². The molecule has 0 radical (unpaired) electrons. The molecule has 0 aliphatic carbocycles. The van der Waals surface area contributed by atoms with E-state index in [9.17, 15) is 4.79 Å². The third-order valence-corrected chi connectivity index (χ3v) is 3.62. The van der Waals surface area contributed by atoms with Gasteiger partial charge >= 0.3 is 0 Å². The minimum atomic E-state index is -0.0856. The number of ether oxygens (including phenoxy) is 1. The maximum absolute atomic E-state index is 11.9. The van der Waals surface area contributed by atoms with Crippen molar-refractivity contribution in [1.29, 1.82) is 0 Å². The van der Waals surface area contributed by atoms with Crippen molar-refractivity contribution in [2.24, 2.45) is 11.8 Å². The van der Waals surface area contributed by atoms with Gasteiger partial charge in [-0.15, -0.1) is 11.6 Å². The smallest absolute Gasteiger partial charge is 0.226 e. The van der Waals surface area contributed by atoms with Gasteiger partial charge in [-0.3, -0.25) is 4.79 Å². The van der Waals surface area contributed by atoms with Gasteiger partial charge in [0.25, 0.3) is 0 Å². The fourth-order valence-electron chi connectivity index (χ4n) is 1.92. The van der Waals surface area contributed by atoms with Gasteiger partial charge in [-0.1, -0.05) is 13.8 Å². The SMILES string of the molecule is COC1CN(C(=O)C(C)CCl)CCC1C. The molecule has 1 aliphatic heterocycles. The summed E-state index contributed by atoms with van der Waals surface area (Å²) in [6.45, 7) is 5.58. The van der Waals surface area contributed by atoms with E-state index in [0.717, 1.165) is 13.0 Å². The van der Waals surface area contributed by atoms with E-state index in [1.807, 2.05) is 11.8 Å². The molecule has 1 aliphatic rings. The summed E-state index contributed by atoms with van der Waals surface area (Å²) >= 11 is 5.69. The molecule has 3 unspecified atom stereocenters. The lowest BCUT2D eigenvalue weighted by atomic mass is 9.95. The third-order valence-electron chi connectivity index (χ3n) is 3.16. The van der Waals surface area contributed by atoms with Crippen LogP contribution in [0.5, 0.6) is 0 Å². The molecule has 1 amide bonds. The molecule has 0 aromatic heterocycles. The average Bonchev–Trinajstić information content (AvgIpc) is 2.27. The molecule has 3 atom stereocenters. The number of hydrogen-bond acceptors (Lipinski definition) is 2. The summed E-state index contributed by atoms with van der Waals surface area (Å²) in [5.41, 5.74) is 0. The number of rotatable bonds is 3. The Morgan fingerprint density at radius 3 is 2.87 bits per heavy atom. The van der Waals surface area contributed by atoms with Gasteiger partial charge in [-0.2, -0.15) is 0 Å². The van der Waals surface area contributed by atoms with Gasteiger partial charge in [-0.25, -0.2) is 0 Å². The Kier molecular flexibility index (Phi) is 4.87. The van der Waals surface area contributed by atoms with E-state index in [-0.39, 0.29) is 17.9 Å². The fourth-order valence-corrected chi connectivity index (χ4v) is 2.05. The predicted octanol–water partition coefficient (Wildman–Crippen LogP) is 1.74. The number of nitrogens with zero attached hydrogens (tertiary/aromatic N) is 1. The topological polar surface area (TPSA) is 29.5 Å². The zero-order valence-corrected chi connectivity index (χ0v) is 10.5. The van der Waals surface area contributed by atoms with Crippen molar-refractivity contribution in [3.05, 3.63) is 0 Å². The molecule has 3 nitrogen and oxygen atoms in total. The lowest BCUT2D eigenvalue weighted by Gasteiger charge is -2.37. The number of amides is 1. The number of carbonyl (C=O) groups is 1. The minimum Gasteiger partial charge on any atom is -0.379 e. The molecule has 1 rings (SSSR count). The molecule has 0 spiro atoms. The Morgan fingerprint density at radius 2 is 2.33 bits per heavy atom. The first-order valence-electron chi connectivity index (χ1n) is 5.47. The molecule has 1 saturated heterocycles. The molecule has 1 fully saturated rings. The van der Waals surface area contributed by atoms with Gasteiger partial charge in [-0.05, 0) is 12.3 Å². The maximum Gasteiger partial charge on any atom is 0.226 e. The van der Waals surface area contributed by atoms with Crippen LogP contribution < -0.4 is 0 Å². The predicted molar refractivity (Wildman–Crippen MR) is 61.0 cm³/mol. The number of likely N-dealkylation sites (tertiary alicyclic amines) is 1. The number of halogens is 1. The second-order valence-corrected chi connectivity index (χ2v) is 4.69. The largest absolute Gasteiger partial charge is 0.379 e. The normalized spacial score (nSPS) is 28.9. The number of carbonyl (C=O) groups excluding carboxylic acids is 1. The summed E-state index contributed by atoms with van der Waals surface area (Å²) in [5.74, 6) is 0.990. The number of alkyl halides is 1. The number of piperidine rings is 1. The number of methoxy groups -OCH3 is 1. The molecular weight excluding hydrogens is 214 g/mol. The molecule has 1 heterocycles. The quantitative estimate of drug-likeness (QED) is 0.695. The Morgan fingerprint density at radius 1 is 1.67 bits per heavy atom. The van der Waals surface area contributed by atoms with Gasteiger partial charge in [0.1, 0.15) is 0 Å². The minimum absolute atomic E-state index is 0.0856.